The van der Waals surface area contributed by atoms with Crippen LogP contribution in [0.2, 0.25) is 0 Å². The van der Waals surface area contributed by atoms with Crippen molar-refractivity contribution < 1.29 is 87.6 Å². The third kappa shape index (κ3) is 16.3. The second kappa shape index (κ2) is 30.0. The molecule has 0 aliphatic carbocycles. The van der Waals surface area contributed by atoms with Gasteiger partial charge in [0.2, 0.25) is 0 Å². The lowest BCUT2D eigenvalue weighted by Crippen LogP contribution is -2.60. The Morgan fingerprint density at radius 1 is 0.667 bits per heavy atom. The quantitative estimate of drug-likeness (QED) is 0.0169. The van der Waals surface area contributed by atoms with Crippen LogP contribution >= 0.6 is 0 Å². The molecule has 3 unspecified atom stereocenters. The number of aldehydes is 1. The number of carbonyl (C=O) groups excluding carboxylic acids is 2. The molecule has 4 aliphatic rings. The predicted molar refractivity (Wildman–Crippen MR) is 280 cm³/mol. The minimum Gasteiger partial charge on any atom is -0.459 e. The number of hydrogen-bond donors (Lipinski definition) is 6. The Hall–Kier alpha value is -1.98. The molecule has 0 saturated carbocycles. The van der Waals surface area contributed by atoms with Crippen molar-refractivity contribution in [3.8, 4) is 0 Å². The van der Waals surface area contributed by atoms with Gasteiger partial charge >= 0.3 is 5.97 Å². The topological polar surface area (TPSA) is 248 Å². The molecule has 4 aliphatic heterocycles. The highest BCUT2D eigenvalue weighted by atomic mass is 16.7. The summed E-state index contributed by atoms with van der Waals surface area (Å²) in [5.41, 5.74) is 0. The third-order valence-electron chi connectivity index (χ3n) is 17.7. The summed E-state index contributed by atoms with van der Waals surface area (Å²) >= 11 is 0. The lowest BCUT2D eigenvalue weighted by atomic mass is 9.75. The second-order valence-corrected chi connectivity index (χ2v) is 22.6. The Labute approximate surface area is 448 Å². The van der Waals surface area contributed by atoms with E-state index in [0.717, 1.165) is 25.5 Å². The molecule has 18 nitrogen and oxygen atoms in total. The summed E-state index contributed by atoms with van der Waals surface area (Å²) in [6.07, 6.45) is 0.742. The first-order chi connectivity index (χ1) is 35.4. The largest absolute Gasteiger partial charge is 0.459 e. The van der Waals surface area contributed by atoms with Crippen LogP contribution in [0.1, 0.15) is 147 Å². The highest BCUT2D eigenvalue weighted by molar-refractivity contribution is 5.82. The number of esters is 1. The van der Waals surface area contributed by atoms with Crippen LogP contribution in [-0.2, 0) is 57.0 Å². The molecule has 436 valence electrons. The fourth-order valence-corrected chi connectivity index (χ4v) is 12.7. The van der Waals surface area contributed by atoms with Crippen LogP contribution in [0.15, 0.2) is 24.3 Å². The normalized spacial score (nSPS) is 39.0. The maximum Gasteiger partial charge on any atom is 0.331 e. The van der Waals surface area contributed by atoms with Crippen LogP contribution in [0.5, 0.6) is 0 Å². The lowest BCUT2D eigenvalue weighted by Gasteiger charge is -2.52. The number of unbranched alkanes of at least 4 members (excludes halogenated alkanes) is 2. The van der Waals surface area contributed by atoms with Crippen LogP contribution in [0.4, 0.5) is 0 Å². The van der Waals surface area contributed by atoms with Crippen LogP contribution in [0, 0.1) is 47.3 Å². The molecule has 18 heteroatoms. The SMILES string of the molecule is CC[C@@H]1[C@@H](C)O[C@@](OC)([C@@H](C)C(O)[C@H](C)[C@@H](OC(=O)/C=C/C=C/[C@H](C)[C@H](OC)[C@@H](C)[C@@H](O)[C@H](C)[C@@]2(OC)CC(O[C@H]3C[C@H](O)[C@H](O)[C@H](C)O3)[C@H](CC)[C@@H](C)O2)[C@@H](C)CCCCC=O)C[C@H]1OC1C[C@H](O)[C@H](O)[C@H](C)O1. The maximum atomic E-state index is 13.7. The van der Waals surface area contributed by atoms with E-state index in [1.165, 1.54) is 6.08 Å². The predicted octanol–water partition coefficient (Wildman–Crippen LogP) is 6.16. The summed E-state index contributed by atoms with van der Waals surface area (Å²) in [6, 6.07) is 0. The van der Waals surface area contributed by atoms with Gasteiger partial charge in [-0.2, -0.15) is 0 Å². The van der Waals surface area contributed by atoms with Gasteiger partial charge in [0.25, 0.3) is 0 Å². The summed E-state index contributed by atoms with van der Waals surface area (Å²) in [7, 11) is 4.70. The average Bonchev–Trinajstić information content (AvgIpc) is 3.37. The van der Waals surface area contributed by atoms with Crippen molar-refractivity contribution in [3.63, 3.8) is 0 Å². The zero-order valence-corrected chi connectivity index (χ0v) is 47.9. The van der Waals surface area contributed by atoms with Crippen molar-refractivity contribution in [3.05, 3.63) is 24.3 Å². The van der Waals surface area contributed by atoms with Crippen LogP contribution in [-0.4, -0.2) is 174 Å². The van der Waals surface area contributed by atoms with Gasteiger partial charge in [0.1, 0.15) is 24.6 Å². The Kier molecular flexibility index (Phi) is 26.2. The Morgan fingerprint density at radius 2 is 1.12 bits per heavy atom. The first kappa shape index (κ1) is 65.5. The Balaban J connectivity index is 1.46. The zero-order valence-electron chi connectivity index (χ0n) is 47.9. The van der Waals surface area contributed by atoms with E-state index in [-0.39, 0.29) is 55.1 Å². The summed E-state index contributed by atoms with van der Waals surface area (Å²) in [4.78, 5) is 24.9. The molecular weight excluding hydrogens is 973 g/mol. The van der Waals surface area contributed by atoms with E-state index in [4.69, 9.17) is 47.4 Å². The standard InChI is InChI=1S/C57H100O18/c1-16-41-37(9)74-56(67-14,29-45(41)71-48-27-43(59)52(64)39(11)69-48)35(7)50(62)33(5)54(66-13)31(3)24-20-21-25-47(61)73-55(32(4)23-19-18-22-26-58)34(6)51(63)36(8)57(68-15)30-46(42(17-2)38(10)75-57)72-49-28-44(60)53(65)40(12)70-49/h20-21,24-26,31-46,48-55,59-60,62-65H,16-19,22-23,27-30H2,1-15H3/b24-20+,25-21+/t31-,32-,33-,34-,35-,36-,37+,38+,39-,40-,41+,42+,43-,44-,45?,46+,48-,49?,50+,51?,52+,53+,54-,55-,56+,57+/m0/s1. The zero-order chi connectivity index (χ0) is 56.1. The third-order valence-corrected chi connectivity index (χ3v) is 17.7. The molecule has 4 fully saturated rings. The molecule has 26 atom stereocenters. The molecule has 0 aromatic rings. The van der Waals surface area contributed by atoms with Gasteiger partial charge in [-0.3, -0.25) is 0 Å². The van der Waals surface area contributed by atoms with Gasteiger partial charge < -0.3 is 82.8 Å². The van der Waals surface area contributed by atoms with E-state index in [0.29, 0.717) is 25.7 Å². The minimum atomic E-state index is -1.30. The van der Waals surface area contributed by atoms with Crippen molar-refractivity contribution in [1.29, 1.82) is 0 Å². The molecular formula is C57H100O18. The van der Waals surface area contributed by atoms with Crippen molar-refractivity contribution in [2.75, 3.05) is 21.3 Å². The monoisotopic (exact) mass is 1070 g/mol. The van der Waals surface area contributed by atoms with Gasteiger partial charge in [0.15, 0.2) is 24.2 Å². The first-order valence-electron chi connectivity index (χ1n) is 28.1. The number of ether oxygens (including phenoxy) is 10. The molecule has 4 saturated heterocycles. The number of aliphatic hydroxyl groups is 6. The number of rotatable bonds is 28. The number of carbonyl (C=O) groups is 2. The fraction of sp³-hybridized carbons (Fsp3) is 0.895. The molecule has 6 N–H and O–H groups in total. The van der Waals surface area contributed by atoms with Gasteiger partial charge in [-0.15, -0.1) is 0 Å². The van der Waals surface area contributed by atoms with E-state index < -0.39 is 127 Å². The fourth-order valence-electron chi connectivity index (χ4n) is 12.7. The molecule has 4 heterocycles. The molecule has 75 heavy (non-hydrogen) atoms. The van der Waals surface area contributed by atoms with Crippen molar-refractivity contribution in [2.24, 2.45) is 47.3 Å². The number of allylic oxidation sites excluding steroid dienone is 2. The molecule has 0 bridgehead atoms. The van der Waals surface area contributed by atoms with E-state index in [9.17, 15) is 40.2 Å². The van der Waals surface area contributed by atoms with Gasteiger partial charge in [0, 0.05) is 101 Å². The van der Waals surface area contributed by atoms with E-state index in [1.54, 1.807) is 47.3 Å². The Morgan fingerprint density at radius 3 is 1.52 bits per heavy atom. The number of hydrogen-bond acceptors (Lipinski definition) is 18. The van der Waals surface area contributed by atoms with E-state index in [1.807, 2.05) is 68.4 Å². The molecule has 0 aromatic carbocycles. The molecule has 0 radical (unpaired) electrons. The highest BCUT2D eigenvalue weighted by Gasteiger charge is 2.55. The average molecular weight is 1070 g/mol. The molecule has 4 rings (SSSR count). The number of methoxy groups -OCH3 is 3. The van der Waals surface area contributed by atoms with E-state index in [2.05, 4.69) is 6.92 Å². The summed E-state index contributed by atoms with van der Waals surface area (Å²) in [6.45, 7) is 22.9. The van der Waals surface area contributed by atoms with E-state index >= 15 is 0 Å². The molecule has 0 amide bonds. The molecule has 0 spiro atoms. The summed E-state index contributed by atoms with van der Waals surface area (Å²) in [5.74, 6) is -5.83. The smallest absolute Gasteiger partial charge is 0.331 e. The van der Waals surface area contributed by atoms with Crippen molar-refractivity contribution in [2.45, 2.75) is 257 Å². The van der Waals surface area contributed by atoms with Crippen molar-refractivity contribution in [1.82, 2.24) is 0 Å². The van der Waals surface area contributed by atoms with Crippen molar-refractivity contribution >= 4 is 12.3 Å². The summed E-state index contributed by atoms with van der Waals surface area (Å²) < 4.78 is 62.9. The van der Waals surface area contributed by atoms with Gasteiger partial charge in [-0.25, -0.2) is 4.79 Å². The summed E-state index contributed by atoms with van der Waals surface area (Å²) in [5, 5.41) is 65.9. The van der Waals surface area contributed by atoms with Gasteiger partial charge in [-0.05, 0) is 59.3 Å². The number of aliphatic hydroxyl groups excluding tert-OH is 6. The molecule has 0 aromatic heterocycles. The highest BCUT2D eigenvalue weighted by Crippen LogP contribution is 2.47. The second-order valence-electron chi connectivity index (χ2n) is 22.6. The van der Waals surface area contributed by atoms with Crippen LogP contribution in [0.3, 0.4) is 0 Å². The first-order valence-corrected chi connectivity index (χ1v) is 28.1. The van der Waals surface area contributed by atoms with Crippen LogP contribution in [0.25, 0.3) is 0 Å². The Bertz CT molecular complexity index is 1730. The maximum absolute atomic E-state index is 13.7. The lowest BCUT2D eigenvalue weighted by molar-refractivity contribution is -0.352. The van der Waals surface area contributed by atoms with Gasteiger partial charge in [0.05, 0.1) is 67.1 Å². The minimum absolute atomic E-state index is 0.0207. The van der Waals surface area contributed by atoms with Gasteiger partial charge in [-0.1, -0.05) is 80.0 Å². The van der Waals surface area contributed by atoms with Crippen LogP contribution < -0.4 is 0 Å².